The third-order valence-corrected chi connectivity index (χ3v) is 4.76. The Hall–Kier alpha value is -2.16. The van der Waals surface area contributed by atoms with Gasteiger partial charge in [0.25, 0.3) is 0 Å². The van der Waals surface area contributed by atoms with Crippen LogP contribution in [0.5, 0.6) is 5.75 Å². The maximum Gasteiger partial charge on any atom is 0.249 e. The fourth-order valence-electron chi connectivity index (χ4n) is 2.97. The maximum atomic E-state index is 12.5. The van der Waals surface area contributed by atoms with Crippen molar-refractivity contribution in [2.75, 3.05) is 20.3 Å². The number of methoxy groups -OCH3 is 1. The molecule has 162 valence electrons. The molecule has 0 saturated carbocycles. The molecule has 0 radical (unpaired) electrons. The van der Waals surface area contributed by atoms with Gasteiger partial charge in [-0.2, -0.15) is 0 Å². The predicted octanol–water partition coefficient (Wildman–Crippen LogP) is 1.36. The minimum absolute atomic E-state index is 0.0999. The molecule has 1 aliphatic heterocycles. The number of carbonyl (C=O) groups is 2. The lowest BCUT2D eigenvalue weighted by Crippen LogP contribution is -2.56. The Kier molecular flexibility index (Phi) is 7.62. The number of amides is 2. The predicted molar refractivity (Wildman–Crippen MR) is 107 cm³/mol. The fraction of sp³-hybridized carbons (Fsp3) is 0.619. The average molecular weight is 408 g/mol. The van der Waals surface area contributed by atoms with Gasteiger partial charge in [-0.25, -0.2) is 0 Å². The van der Waals surface area contributed by atoms with Crippen molar-refractivity contribution >= 4 is 11.8 Å². The second-order valence-corrected chi connectivity index (χ2v) is 8.34. The summed E-state index contributed by atoms with van der Waals surface area (Å²) in [5, 5.41) is 15.5. The molecule has 2 amide bonds. The molecule has 0 bridgehead atoms. The molecule has 2 atom stereocenters. The zero-order chi connectivity index (χ0) is 21.7. The third kappa shape index (κ3) is 6.69. The maximum absolute atomic E-state index is 12.5. The standard InChI is InChI=1S/C21H32N2O6/c1-20(2)13-28-21(3,4)29-17(20)19(26)22-10-9-16(24)18(25)23-12-14-7-6-8-15(11-14)27-5/h6-8,11,16-17,24H,9-10,12-13H2,1-5H3,(H,22,26)(H,23,25)/t16?,17-/m0/s1. The van der Waals surface area contributed by atoms with Crippen molar-refractivity contribution in [3.05, 3.63) is 29.8 Å². The molecule has 1 aromatic rings. The summed E-state index contributed by atoms with van der Waals surface area (Å²) in [6.07, 6.45) is -1.80. The van der Waals surface area contributed by atoms with Gasteiger partial charge in [0.15, 0.2) is 5.79 Å². The Morgan fingerprint density at radius 1 is 1.28 bits per heavy atom. The molecule has 1 aliphatic rings. The molecule has 0 aliphatic carbocycles. The van der Waals surface area contributed by atoms with Gasteiger partial charge in [0.1, 0.15) is 18.0 Å². The number of aliphatic hydroxyl groups is 1. The summed E-state index contributed by atoms with van der Waals surface area (Å²) in [5.74, 6) is -0.917. The van der Waals surface area contributed by atoms with Crippen molar-refractivity contribution in [1.29, 1.82) is 0 Å². The second kappa shape index (κ2) is 9.56. The van der Waals surface area contributed by atoms with Crippen LogP contribution in [0.25, 0.3) is 0 Å². The van der Waals surface area contributed by atoms with E-state index in [0.29, 0.717) is 12.4 Å². The van der Waals surface area contributed by atoms with Crippen LogP contribution < -0.4 is 15.4 Å². The number of benzene rings is 1. The molecular formula is C21H32N2O6. The highest BCUT2D eigenvalue weighted by Crippen LogP contribution is 2.34. The summed E-state index contributed by atoms with van der Waals surface area (Å²) >= 11 is 0. The highest BCUT2D eigenvalue weighted by Gasteiger charge is 2.45. The summed E-state index contributed by atoms with van der Waals surface area (Å²) in [4.78, 5) is 24.6. The van der Waals surface area contributed by atoms with Crippen LogP contribution in [-0.4, -0.2) is 55.2 Å². The molecule has 1 unspecified atom stereocenters. The zero-order valence-electron chi connectivity index (χ0n) is 17.8. The van der Waals surface area contributed by atoms with E-state index in [4.69, 9.17) is 14.2 Å². The van der Waals surface area contributed by atoms with Crippen LogP contribution in [0.2, 0.25) is 0 Å². The van der Waals surface area contributed by atoms with E-state index in [0.717, 1.165) is 5.56 Å². The Balaban J connectivity index is 1.77. The molecule has 0 spiro atoms. The molecule has 3 N–H and O–H groups in total. The first-order valence-corrected chi connectivity index (χ1v) is 9.72. The van der Waals surface area contributed by atoms with Gasteiger partial charge >= 0.3 is 0 Å². The molecule has 1 aromatic carbocycles. The molecule has 1 saturated heterocycles. The van der Waals surface area contributed by atoms with E-state index in [-0.39, 0.29) is 25.4 Å². The summed E-state index contributed by atoms with van der Waals surface area (Å²) in [7, 11) is 1.57. The molecule has 29 heavy (non-hydrogen) atoms. The number of hydrogen-bond donors (Lipinski definition) is 3. The van der Waals surface area contributed by atoms with Crippen molar-refractivity contribution in [2.24, 2.45) is 5.41 Å². The molecule has 2 rings (SSSR count). The largest absolute Gasteiger partial charge is 0.497 e. The summed E-state index contributed by atoms with van der Waals surface area (Å²) in [6.45, 7) is 8.15. The first-order chi connectivity index (χ1) is 13.5. The van der Waals surface area contributed by atoms with Crippen molar-refractivity contribution in [3.63, 3.8) is 0 Å². The third-order valence-electron chi connectivity index (χ3n) is 4.76. The topological polar surface area (TPSA) is 106 Å². The number of hydrogen-bond acceptors (Lipinski definition) is 6. The van der Waals surface area contributed by atoms with E-state index < -0.39 is 29.3 Å². The number of carbonyl (C=O) groups excluding carboxylic acids is 2. The summed E-state index contributed by atoms with van der Waals surface area (Å²) in [5.41, 5.74) is 0.381. The van der Waals surface area contributed by atoms with Gasteiger partial charge in [-0.05, 0) is 38.0 Å². The fourth-order valence-corrected chi connectivity index (χ4v) is 2.97. The zero-order valence-corrected chi connectivity index (χ0v) is 17.8. The van der Waals surface area contributed by atoms with Crippen LogP contribution >= 0.6 is 0 Å². The number of ether oxygens (including phenoxy) is 3. The first kappa shape index (κ1) is 23.1. The van der Waals surface area contributed by atoms with E-state index in [2.05, 4.69) is 10.6 Å². The molecule has 8 nitrogen and oxygen atoms in total. The van der Waals surface area contributed by atoms with Crippen molar-refractivity contribution in [1.82, 2.24) is 10.6 Å². The average Bonchev–Trinajstić information content (AvgIpc) is 2.68. The lowest BCUT2D eigenvalue weighted by molar-refractivity contribution is -0.304. The van der Waals surface area contributed by atoms with Crippen LogP contribution in [0.4, 0.5) is 0 Å². The van der Waals surface area contributed by atoms with Gasteiger partial charge in [0.05, 0.1) is 13.7 Å². The van der Waals surface area contributed by atoms with E-state index in [1.807, 2.05) is 38.1 Å². The van der Waals surface area contributed by atoms with Crippen molar-refractivity contribution in [3.8, 4) is 5.75 Å². The Morgan fingerprint density at radius 3 is 2.69 bits per heavy atom. The van der Waals surface area contributed by atoms with E-state index >= 15 is 0 Å². The highest BCUT2D eigenvalue weighted by molar-refractivity contribution is 5.82. The lowest BCUT2D eigenvalue weighted by atomic mass is 9.85. The van der Waals surface area contributed by atoms with Crippen LogP contribution in [0.15, 0.2) is 24.3 Å². The number of nitrogens with one attached hydrogen (secondary N) is 2. The van der Waals surface area contributed by atoms with Gasteiger partial charge in [0, 0.05) is 18.5 Å². The Bertz CT molecular complexity index is 719. The van der Waals surface area contributed by atoms with E-state index in [9.17, 15) is 14.7 Å². The molecule has 1 fully saturated rings. The lowest BCUT2D eigenvalue weighted by Gasteiger charge is -2.44. The summed E-state index contributed by atoms with van der Waals surface area (Å²) < 4.78 is 16.5. The van der Waals surface area contributed by atoms with Gasteiger partial charge in [-0.3, -0.25) is 9.59 Å². The first-order valence-electron chi connectivity index (χ1n) is 9.72. The Morgan fingerprint density at radius 2 is 2.00 bits per heavy atom. The van der Waals surface area contributed by atoms with Gasteiger partial charge in [-0.1, -0.05) is 26.0 Å². The monoisotopic (exact) mass is 408 g/mol. The number of rotatable bonds is 8. The Labute approximate surface area is 171 Å². The molecule has 8 heteroatoms. The normalized spacial score (nSPS) is 21.1. The van der Waals surface area contributed by atoms with Crippen LogP contribution in [0.3, 0.4) is 0 Å². The quantitative estimate of drug-likeness (QED) is 0.600. The highest BCUT2D eigenvalue weighted by atomic mass is 16.7. The van der Waals surface area contributed by atoms with E-state index in [1.165, 1.54) is 0 Å². The number of aliphatic hydroxyl groups excluding tert-OH is 1. The van der Waals surface area contributed by atoms with Gasteiger partial charge in [-0.15, -0.1) is 0 Å². The minimum Gasteiger partial charge on any atom is -0.497 e. The summed E-state index contributed by atoms with van der Waals surface area (Å²) in [6, 6.07) is 7.30. The van der Waals surface area contributed by atoms with Crippen molar-refractivity contribution in [2.45, 2.75) is 58.7 Å². The molecule has 0 aromatic heterocycles. The SMILES string of the molecule is COc1cccc(CNC(=O)C(O)CCNC(=O)[C@@H]2OC(C)(C)OCC2(C)C)c1. The molecular weight excluding hydrogens is 376 g/mol. The van der Waals surface area contributed by atoms with Crippen LogP contribution in [-0.2, 0) is 25.6 Å². The van der Waals surface area contributed by atoms with Gasteiger partial charge < -0.3 is 30.0 Å². The van der Waals surface area contributed by atoms with Crippen molar-refractivity contribution < 1.29 is 28.9 Å². The smallest absolute Gasteiger partial charge is 0.249 e. The minimum atomic E-state index is -1.22. The van der Waals surface area contributed by atoms with Gasteiger partial charge in [0.2, 0.25) is 11.8 Å². The van der Waals surface area contributed by atoms with Crippen LogP contribution in [0, 0.1) is 5.41 Å². The van der Waals surface area contributed by atoms with E-state index in [1.54, 1.807) is 21.0 Å². The second-order valence-electron chi connectivity index (χ2n) is 8.34. The molecule has 1 heterocycles. The van der Waals surface area contributed by atoms with Crippen LogP contribution in [0.1, 0.15) is 39.7 Å².